The molecule has 0 saturated heterocycles. The smallest absolute Gasteiger partial charge is 0.384 e. The summed E-state index contributed by atoms with van der Waals surface area (Å²) in [4.78, 5) is 4.11. The third kappa shape index (κ3) is 3.45. The summed E-state index contributed by atoms with van der Waals surface area (Å²) in [6.45, 7) is 0.357. The molecule has 1 heterocycles. The molecule has 0 aliphatic rings. The molecular formula is C13H13ClF3N3. The summed E-state index contributed by atoms with van der Waals surface area (Å²) >= 11 is 5.62. The predicted octanol–water partition coefficient (Wildman–Crippen LogP) is 3.75. The largest absolute Gasteiger partial charge is 0.418 e. The predicted molar refractivity (Wildman–Crippen MR) is 71.9 cm³/mol. The Kier molecular flexibility index (Phi) is 4.23. The summed E-state index contributed by atoms with van der Waals surface area (Å²) in [5.41, 5.74) is -0.735. The number of aryl methyl sites for hydroxylation is 1. The highest BCUT2D eigenvalue weighted by Gasteiger charge is 2.33. The minimum atomic E-state index is -4.43. The van der Waals surface area contributed by atoms with Crippen molar-refractivity contribution in [3.63, 3.8) is 0 Å². The third-order valence-corrected chi connectivity index (χ3v) is 3.11. The van der Waals surface area contributed by atoms with Crippen LogP contribution >= 0.6 is 11.6 Å². The number of nitrogens with one attached hydrogen (secondary N) is 1. The van der Waals surface area contributed by atoms with E-state index in [2.05, 4.69) is 10.3 Å². The molecule has 0 radical (unpaired) electrons. The summed E-state index contributed by atoms with van der Waals surface area (Å²) < 4.78 is 40.5. The lowest BCUT2D eigenvalue weighted by molar-refractivity contribution is -0.136. The molecule has 108 valence electrons. The first-order valence-corrected chi connectivity index (χ1v) is 6.32. The molecule has 0 fully saturated rings. The lowest BCUT2D eigenvalue weighted by atomic mass is 10.1. The summed E-state index contributed by atoms with van der Waals surface area (Å²) in [5, 5.41) is 2.84. The van der Waals surface area contributed by atoms with E-state index in [4.69, 9.17) is 11.6 Å². The molecule has 0 amide bonds. The van der Waals surface area contributed by atoms with E-state index < -0.39 is 11.7 Å². The first kappa shape index (κ1) is 14.7. The molecule has 7 heteroatoms. The van der Waals surface area contributed by atoms with Crippen LogP contribution in [0.3, 0.4) is 0 Å². The van der Waals surface area contributed by atoms with Crippen molar-refractivity contribution in [1.29, 1.82) is 0 Å². The second kappa shape index (κ2) is 5.75. The van der Waals surface area contributed by atoms with Gasteiger partial charge in [0, 0.05) is 43.1 Å². The number of nitrogens with zero attached hydrogens (tertiary/aromatic N) is 2. The van der Waals surface area contributed by atoms with Gasteiger partial charge in [-0.1, -0.05) is 11.6 Å². The lowest BCUT2D eigenvalue weighted by Crippen LogP contribution is -2.14. The average Bonchev–Trinajstić information content (AvgIpc) is 2.76. The van der Waals surface area contributed by atoms with Gasteiger partial charge in [-0.3, -0.25) is 0 Å². The van der Waals surface area contributed by atoms with Crippen LogP contribution < -0.4 is 5.32 Å². The quantitative estimate of drug-likeness (QED) is 0.932. The van der Waals surface area contributed by atoms with E-state index in [9.17, 15) is 13.2 Å². The highest BCUT2D eigenvalue weighted by Crippen LogP contribution is 2.36. The van der Waals surface area contributed by atoms with Crippen LogP contribution in [0.2, 0.25) is 5.02 Å². The molecule has 2 rings (SSSR count). The molecule has 0 aliphatic heterocycles. The second-order valence-corrected chi connectivity index (χ2v) is 4.76. The molecule has 1 aromatic carbocycles. The summed E-state index contributed by atoms with van der Waals surface area (Å²) in [5.74, 6) is 0.806. The van der Waals surface area contributed by atoms with Gasteiger partial charge in [-0.2, -0.15) is 13.2 Å². The number of aromatic nitrogens is 2. The normalized spacial score (nSPS) is 11.7. The van der Waals surface area contributed by atoms with Crippen molar-refractivity contribution in [2.75, 3.05) is 11.9 Å². The third-order valence-electron chi connectivity index (χ3n) is 2.87. The molecule has 1 aromatic heterocycles. The monoisotopic (exact) mass is 303 g/mol. The molecule has 1 N–H and O–H groups in total. The highest BCUT2D eigenvalue weighted by molar-refractivity contribution is 6.30. The van der Waals surface area contributed by atoms with Crippen LogP contribution in [-0.2, 0) is 19.6 Å². The Morgan fingerprint density at radius 1 is 1.35 bits per heavy atom. The Morgan fingerprint density at radius 2 is 2.10 bits per heavy atom. The number of halogens is 4. The Hall–Kier alpha value is -1.69. The summed E-state index contributed by atoms with van der Waals surface area (Å²) in [6, 6.07) is 3.69. The Bertz CT molecular complexity index is 593. The molecule has 0 bridgehead atoms. The van der Waals surface area contributed by atoms with Gasteiger partial charge in [0.2, 0.25) is 0 Å². The highest BCUT2D eigenvalue weighted by atomic mass is 35.5. The molecule has 0 unspecified atom stereocenters. The van der Waals surface area contributed by atoms with Gasteiger partial charge in [0.15, 0.2) is 0 Å². The van der Waals surface area contributed by atoms with Gasteiger partial charge < -0.3 is 9.88 Å². The van der Waals surface area contributed by atoms with E-state index in [1.54, 1.807) is 12.4 Å². The van der Waals surface area contributed by atoms with Crippen LogP contribution in [-0.4, -0.2) is 16.1 Å². The van der Waals surface area contributed by atoms with Gasteiger partial charge in [0.25, 0.3) is 0 Å². The van der Waals surface area contributed by atoms with Crippen LogP contribution in [0, 0.1) is 0 Å². The topological polar surface area (TPSA) is 29.9 Å². The van der Waals surface area contributed by atoms with E-state index in [0.717, 1.165) is 11.9 Å². The van der Waals surface area contributed by atoms with Crippen molar-refractivity contribution >= 4 is 17.3 Å². The Labute approximate surface area is 119 Å². The van der Waals surface area contributed by atoms with E-state index in [1.165, 1.54) is 12.1 Å². The minimum Gasteiger partial charge on any atom is -0.384 e. The zero-order valence-electron chi connectivity index (χ0n) is 10.7. The molecule has 0 saturated carbocycles. The fourth-order valence-electron chi connectivity index (χ4n) is 1.85. The zero-order valence-corrected chi connectivity index (χ0v) is 11.5. The van der Waals surface area contributed by atoms with E-state index in [1.807, 2.05) is 11.6 Å². The standard InChI is InChI=1S/C13H13ClF3N3/c1-20-7-6-19-12(20)4-5-18-11-3-2-9(14)8-10(11)13(15,16)17/h2-3,6-8,18H,4-5H2,1H3. The molecule has 0 spiro atoms. The van der Waals surface area contributed by atoms with Crippen molar-refractivity contribution in [3.8, 4) is 0 Å². The second-order valence-electron chi connectivity index (χ2n) is 4.32. The first-order chi connectivity index (χ1) is 9.38. The maximum Gasteiger partial charge on any atom is 0.418 e. The van der Waals surface area contributed by atoms with Crippen molar-refractivity contribution in [2.24, 2.45) is 7.05 Å². The van der Waals surface area contributed by atoms with Gasteiger partial charge in [-0.25, -0.2) is 4.98 Å². The average molecular weight is 304 g/mol. The van der Waals surface area contributed by atoms with Crippen LogP contribution in [0.1, 0.15) is 11.4 Å². The van der Waals surface area contributed by atoms with E-state index in [-0.39, 0.29) is 10.7 Å². The van der Waals surface area contributed by atoms with Crippen LogP contribution in [0.4, 0.5) is 18.9 Å². The van der Waals surface area contributed by atoms with Gasteiger partial charge in [-0.05, 0) is 18.2 Å². The van der Waals surface area contributed by atoms with Crippen molar-refractivity contribution in [1.82, 2.24) is 9.55 Å². The maximum absolute atomic E-state index is 12.9. The van der Waals surface area contributed by atoms with Gasteiger partial charge in [-0.15, -0.1) is 0 Å². The number of imidazole rings is 1. The molecule has 0 aliphatic carbocycles. The number of anilines is 1. The van der Waals surface area contributed by atoms with Gasteiger partial charge >= 0.3 is 6.18 Å². The number of benzene rings is 1. The zero-order chi connectivity index (χ0) is 14.8. The molecule has 3 nitrogen and oxygen atoms in total. The van der Waals surface area contributed by atoms with Crippen LogP contribution in [0.15, 0.2) is 30.6 Å². The Morgan fingerprint density at radius 3 is 2.70 bits per heavy atom. The van der Waals surface area contributed by atoms with E-state index in [0.29, 0.717) is 13.0 Å². The van der Waals surface area contributed by atoms with E-state index >= 15 is 0 Å². The summed E-state index contributed by atoms with van der Waals surface area (Å²) in [7, 11) is 1.84. The van der Waals surface area contributed by atoms with Crippen molar-refractivity contribution < 1.29 is 13.2 Å². The van der Waals surface area contributed by atoms with Crippen molar-refractivity contribution in [3.05, 3.63) is 47.0 Å². The number of hydrogen-bond donors (Lipinski definition) is 1. The number of hydrogen-bond acceptors (Lipinski definition) is 2. The molecule has 2 aromatic rings. The summed E-state index contributed by atoms with van der Waals surface area (Å²) in [6.07, 6.45) is -0.461. The van der Waals surface area contributed by atoms with Crippen LogP contribution in [0.5, 0.6) is 0 Å². The fraction of sp³-hybridized carbons (Fsp3) is 0.308. The minimum absolute atomic E-state index is 0.0242. The number of alkyl halides is 3. The molecule has 20 heavy (non-hydrogen) atoms. The molecule has 0 atom stereocenters. The first-order valence-electron chi connectivity index (χ1n) is 5.95. The lowest BCUT2D eigenvalue weighted by Gasteiger charge is -2.14. The molecular weight excluding hydrogens is 291 g/mol. The fourth-order valence-corrected chi connectivity index (χ4v) is 2.02. The van der Waals surface area contributed by atoms with Gasteiger partial charge in [0.1, 0.15) is 5.82 Å². The Balaban J connectivity index is 2.08. The van der Waals surface area contributed by atoms with Gasteiger partial charge in [0.05, 0.1) is 5.56 Å². The SMILES string of the molecule is Cn1ccnc1CCNc1ccc(Cl)cc1C(F)(F)F. The maximum atomic E-state index is 12.9. The number of rotatable bonds is 4. The van der Waals surface area contributed by atoms with Crippen molar-refractivity contribution in [2.45, 2.75) is 12.6 Å². The van der Waals surface area contributed by atoms with Crippen LogP contribution in [0.25, 0.3) is 0 Å².